The Hall–Kier alpha value is -0.130. The van der Waals surface area contributed by atoms with Crippen LogP contribution in [0, 0.1) is 0 Å². The zero-order valence-corrected chi connectivity index (χ0v) is 12.9. The molecule has 0 aliphatic carbocycles. The molecule has 1 heterocycles. The summed E-state index contributed by atoms with van der Waals surface area (Å²) in [6, 6.07) is 11.0. The van der Waals surface area contributed by atoms with Gasteiger partial charge in [-0.1, -0.05) is 30.3 Å². The first-order valence-electron chi connectivity index (χ1n) is 6.23. The van der Waals surface area contributed by atoms with Crippen LogP contribution in [0.1, 0.15) is 18.4 Å². The van der Waals surface area contributed by atoms with E-state index in [0.717, 1.165) is 6.54 Å². The number of piperidine rings is 1. The molecule has 2 nitrogen and oxygen atoms in total. The molecule has 0 amide bonds. The molecule has 0 radical (unpaired) electrons. The van der Waals surface area contributed by atoms with Crippen LogP contribution >= 0.6 is 22.9 Å². The Morgan fingerprint density at radius 1 is 1.18 bits per heavy atom. The van der Waals surface area contributed by atoms with Gasteiger partial charge in [-0.25, -0.2) is 3.11 Å². The Morgan fingerprint density at radius 2 is 1.76 bits per heavy atom. The highest BCUT2D eigenvalue weighted by atomic mass is 127. The van der Waals surface area contributed by atoms with Gasteiger partial charge in [0.05, 0.1) is 0 Å². The lowest BCUT2D eigenvalue weighted by molar-refractivity contribution is 0.198. The third-order valence-electron chi connectivity index (χ3n) is 3.67. The van der Waals surface area contributed by atoms with Crippen LogP contribution in [-0.2, 0) is 5.41 Å². The van der Waals surface area contributed by atoms with Crippen LogP contribution in [0.3, 0.4) is 0 Å². The summed E-state index contributed by atoms with van der Waals surface area (Å²) in [6.07, 6.45) is 2.52. The van der Waals surface area contributed by atoms with Crippen LogP contribution < -0.4 is 0 Å². The van der Waals surface area contributed by atoms with Crippen LogP contribution in [0.15, 0.2) is 30.3 Å². The summed E-state index contributed by atoms with van der Waals surface area (Å²) >= 11 is 2.45. The van der Waals surface area contributed by atoms with Gasteiger partial charge in [-0.2, -0.15) is 0 Å². The summed E-state index contributed by atoms with van der Waals surface area (Å²) in [6.45, 7) is 3.55. The smallest absolute Gasteiger partial charge is 0.0201 e. The molecular formula is C14H21IN2. The van der Waals surface area contributed by atoms with Gasteiger partial charge in [0.2, 0.25) is 0 Å². The van der Waals surface area contributed by atoms with Gasteiger partial charge in [-0.05, 0) is 32.5 Å². The molecule has 0 atom stereocenters. The van der Waals surface area contributed by atoms with E-state index in [1.165, 1.54) is 31.5 Å². The minimum atomic E-state index is 0.354. The first-order valence-corrected chi connectivity index (χ1v) is 7.20. The van der Waals surface area contributed by atoms with Gasteiger partial charge in [-0.15, -0.1) is 0 Å². The van der Waals surface area contributed by atoms with E-state index in [1.807, 2.05) is 0 Å². The van der Waals surface area contributed by atoms with E-state index in [1.54, 1.807) is 0 Å². The number of halogens is 1. The SMILES string of the molecule is CN(C)CC1(c2ccccc2)CCN(I)CC1. The van der Waals surface area contributed by atoms with E-state index in [-0.39, 0.29) is 0 Å². The predicted octanol–water partition coefficient (Wildman–Crippen LogP) is 2.93. The minimum absolute atomic E-state index is 0.354. The molecule has 0 spiro atoms. The van der Waals surface area contributed by atoms with Crippen molar-refractivity contribution in [1.82, 2.24) is 8.01 Å². The van der Waals surface area contributed by atoms with Gasteiger partial charge in [0.15, 0.2) is 0 Å². The minimum Gasteiger partial charge on any atom is -0.309 e. The molecule has 3 heteroatoms. The summed E-state index contributed by atoms with van der Waals surface area (Å²) in [7, 11) is 4.36. The Kier molecular flexibility index (Phi) is 4.44. The summed E-state index contributed by atoms with van der Waals surface area (Å²) in [5.41, 5.74) is 1.87. The van der Waals surface area contributed by atoms with Crippen LogP contribution in [0.25, 0.3) is 0 Å². The quantitative estimate of drug-likeness (QED) is 0.615. The molecular weight excluding hydrogens is 323 g/mol. The summed E-state index contributed by atoms with van der Waals surface area (Å²) in [5, 5.41) is 0. The lowest BCUT2D eigenvalue weighted by atomic mass is 9.73. The number of hydrogen-bond acceptors (Lipinski definition) is 2. The molecule has 1 aromatic carbocycles. The number of hydrogen-bond donors (Lipinski definition) is 0. The second kappa shape index (κ2) is 5.67. The van der Waals surface area contributed by atoms with Crippen LogP contribution in [0.2, 0.25) is 0 Å². The normalized spacial score (nSPS) is 20.7. The fourth-order valence-corrected chi connectivity index (χ4v) is 3.33. The van der Waals surface area contributed by atoms with Crippen molar-refractivity contribution in [3.63, 3.8) is 0 Å². The van der Waals surface area contributed by atoms with Crippen molar-refractivity contribution in [2.45, 2.75) is 18.3 Å². The van der Waals surface area contributed by atoms with Crippen molar-refractivity contribution in [2.24, 2.45) is 0 Å². The maximum atomic E-state index is 2.45. The second-order valence-corrected chi connectivity index (χ2v) is 6.66. The largest absolute Gasteiger partial charge is 0.309 e. The maximum absolute atomic E-state index is 2.45. The highest BCUT2D eigenvalue weighted by molar-refractivity contribution is 14.1. The molecule has 0 bridgehead atoms. The van der Waals surface area contributed by atoms with Gasteiger partial charge in [0.1, 0.15) is 0 Å². The highest BCUT2D eigenvalue weighted by Crippen LogP contribution is 2.36. The summed E-state index contributed by atoms with van der Waals surface area (Å²) < 4.78 is 2.41. The first kappa shape index (κ1) is 13.3. The molecule has 1 aliphatic heterocycles. The third-order valence-corrected chi connectivity index (χ3v) is 4.64. The highest BCUT2D eigenvalue weighted by Gasteiger charge is 2.35. The average molecular weight is 344 g/mol. The standard InChI is InChI=1S/C14H21IN2/c1-16(2)12-14(8-10-17(15)11-9-14)13-6-4-3-5-7-13/h3-7H,8-12H2,1-2H3. The fraction of sp³-hybridized carbons (Fsp3) is 0.571. The average Bonchev–Trinajstić information content (AvgIpc) is 2.33. The molecule has 0 saturated carbocycles. The van der Waals surface area contributed by atoms with E-state index in [0.29, 0.717) is 5.41 Å². The summed E-state index contributed by atoms with van der Waals surface area (Å²) in [4.78, 5) is 2.33. The van der Waals surface area contributed by atoms with Gasteiger partial charge >= 0.3 is 0 Å². The Labute approximate surface area is 118 Å². The number of likely N-dealkylation sites (N-methyl/N-ethyl adjacent to an activating group) is 1. The number of benzene rings is 1. The van der Waals surface area contributed by atoms with Gasteiger partial charge < -0.3 is 4.90 Å². The number of nitrogens with zero attached hydrogens (tertiary/aromatic N) is 2. The van der Waals surface area contributed by atoms with Crippen molar-refractivity contribution >= 4 is 22.9 Å². The molecule has 94 valence electrons. The van der Waals surface area contributed by atoms with Gasteiger partial charge in [0, 0.05) is 47.9 Å². The monoisotopic (exact) mass is 344 g/mol. The summed E-state index contributed by atoms with van der Waals surface area (Å²) in [5.74, 6) is 0. The fourth-order valence-electron chi connectivity index (χ4n) is 2.84. The van der Waals surface area contributed by atoms with E-state index in [4.69, 9.17) is 0 Å². The molecule has 1 aromatic rings. The Balaban J connectivity index is 2.24. The van der Waals surface area contributed by atoms with E-state index in [2.05, 4.69) is 75.3 Å². The topological polar surface area (TPSA) is 6.48 Å². The second-order valence-electron chi connectivity index (χ2n) is 5.29. The molecule has 1 aliphatic rings. The lowest BCUT2D eigenvalue weighted by Crippen LogP contribution is -2.45. The van der Waals surface area contributed by atoms with E-state index in [9.17, 15) is 0 Å². The zero-order valence-electron chi connectivity index (χ0n) is 10.7. The van der Waals surface area contributed by atoms with Crippen molar-refractivity contribution in [1.29, 1.82) is 0 Å². The van der Waals surface area contributed by atoms with Crippen molar-refractivity contribution in [3.05, 3.63) is 35.9 Å². The molecule has 1 saturated heterocycles. The Bertz CT molecular complexity index is 342. The zero-order chi connectivity index (χ0) is 12.3. The van der Waals surface area contributed by atoms with E-state index < -0.39 is 0 Å². The molecule has 1 fully saturated rings. The molecule has 17 heavy (non-hydrogen) atoms. The Morgan fingerprint density at radius 3 is 2.29 bits per heavy atom. The van der Waals surface area contributed by atoms with Crippen molar-refractivity contribution in [2.75, 3.05) is 33.7 Å². The van der Waals surface area contributed by atoms with Crippen molar-refractivity contribution in [3.8, 4) is 0 Å². The predicted molar refractivity (Wildman–Crippen MR) is 81.5 cm³/mol. The van der Waals surface area contributed by atoms with Crippen LogP contribution in [-0.4, -0.2) is 41.7 Å². The van der Waals surface area contributed by atoms with Crippen molar-refractivity contribution < 1.29 is 0 Å². The number of rotatable bonds is 3. The van der Waals surface area contributed by atoms with Gasteiger partial charge in [0.25, 0.3) is 0 Å². The van der Waals surface area contributed by atoms with Gasteiger partial charge in [-0.3, -0.25) is 0 Å². The maximum Gasteiger partial charge on any atom is 0.0201 e. The van der Waals surface area contributed by atoms with Crippen LogP contribution in [0.5, 0.6) is 0 Å². The third kappa shape index (κ3) is 3.20. The molecule has 0 aromatic heterocycles. The first-order chi connectivity index (χ1) is 8.12. The lowest BCUT2D eigenvalue weighted by Gasteiger charge is -2.42. The molecule has 0 unspecified atom stereocenters. The molecule has 0 N–H and O–H groups in total. The molecule has 2 rings (SSSR count). The van der Waals surface area contributed by atoms with Crippen LogP contribution in [0.4, 0.5) is 0 Å². The van der Waals surface area contributed by atoms with E-state index >= 15 is 0 Å².